The molecule has 2 rings (SSSR count). The lowest BCUT2D eigenvalue weighted by Crippen LogP contribution is -1.78. The normalized spacial score (nSPS) is 10.6. The van der Waals surface area contributed by atoms with Crippen LogP contribution in [0.2, 0.25) is 15.1 Å². The molecule has 0 radical (unpaired) electrons. The molecule has 0 amide bonds. The smallest absolute Gasteiger partial charge is 0.0607 e. The zero-order valence-corrected chi connectivity index (χ0v) is 12.4. The second-order valence-corrected chi connectivity index (χ2v) is 6.15. The van der Waals surface area contributed by atoms with Crippen LogP contribution in [0.15, 0.2) is 51.1 Å². The Kier molecular flexibility index (Phi) is 4.56. The number of thiol groups is 1. The van der Waals surface area contributed by atoms with Crippen molar-refractivity contribution >= 4 is 59.2 Å². The third-order valence-electron chi connectivity index (χ3n) is 2.04. The molecule has 0 saturated heterocycles. The van der Waals surface area contributed by atoms with E-state index in [4.69, 9.17) is 34.8 Å². The van der Waals surface area contributed by atoms with Crippen LogP contribution in [0.4, 0.5) is 0 Å². The van der Waals surface area contributed by atoms with Crippen molar-refractivity contribution in [1.82, 2.24) is 0 Å². The average molecular weight is 322 g/mol. The SMILES string of the molecule is Sc1ccc(Sc2cc(Cl)c(Cl)cc2Cl)cc1. The van der Waals surface area contributed by atoms with Gasteiger partial charge in [-0.25, -0.2) is 0 Å². The van der Waals surface area contributed by atoms with Crippen LogP contribution in [-0.4, -0.2) is 0 Å². The van der Waals surface area contributed by atoms with Crippen LogP contribution in [0.1, 0.15) is 0 Å². The fourth-order valence-electron chi connectivity index (χ4n) is 1.22. The molecule has 0 saturated carbocycles. The van der Waals surface area contributed by atoms with Gasteiger partial charge in [-0.05, 0) is 36.4 Å². The predicted octanol–water partition coefficient (Wildman–Crippen LogP) is 6.09. The summed E-state index contributed by atoms with van der Waals surface area (Å²) >= 11 is 23.7. The highest BCUT2D eigenvalue weighted by Gasteiger charge is 2.07. The molecular formula is C12H7Cl3S2. The third kappa shape index (κ3) is 3.49. The van der Waals surface area contributed by atoms with Gasteiger partial charge in [-0.15, -0.1) is 12.6 Å². The van der Waals surface area contributed by atoms with E-state index in [0.717, 1.165) is 14.7 Å². The van der Waals surface area contributed by atoms with E-state index < -0.39 is 0 Å². The van der Waals surface area contributed by atoms with Crippen LogP contribution in [0.25, 0.3) is 0 Å². The molecule has 2 aromatic rings. The summed E-state index contributed by atoms with van der Waals surface area (Å²) in [5.41, 5.74) is 0. The first-order valence-electron chi connectivity index (χ1n) is 4.67. The first-order chi connectivity index (χ1) is 8.06. The number of benzene rings is 2. The molecule has 2 aromatic carbocycles. The molecular weight excluding hydrogens is 315 g/mol. The highest BCUT2D eigenvalue weighted by atomic mass is 35.5. The maximum absolute atomic E-state index is 6.10. The van der Waals surface area contributed by atoms with Gasteiger partial charge in [-0.3, -0.25) is 0 Å². The Morgan fingerprint density at radius 3 is 2.06 bits per heavy atom. The van der Waals surface area contributed by atoms with Crippen molar-refractivity contribution in [2.45, 2.75) is 14.7 Å². The molecule has 0 fully saturated rings. The minimum Gasteiger partial charge on any atom is -0.143 e. The van der Waals surface area contributed by atoms with Crippen LogP contribution >= 0.6 is 59.2 Å². The third-order valence-corrected chi connectivity index (χ3v) is 4.55. The van der Waals surface area contributed by atoms with E-state index in [0.29, 0.717) is 15.1 Å². The molecule has 0 spiro atoms. The Labute approximate surface area is 125 Å². The molecule has 0 heterocycles. The van der Waals surface area contributed by atoms with Gasteiger partial charge in [0.2, 0.25) is 0 Å². The number of halogens is 3. The van der Waals surface area contributed by atoms with E-state index in [1.165, 1.54) is 11.8 Å². The second-order valence-electron chi connectivity index (χ2n) is 3.29. The van der Waals surface area contributed by atoms with Gasteiger partial charge in [0, 0.05) is 14.7 Å². The Bertz CT molecular complexity index is 538. The lowest BCUT2D eigenvalue weighted by atomic mass is 10.3. The molecule has 88 valence electrons. The van der Waals surface area contributed by atoms with Crippen molar-refractivity contribution in [3.8, 4) is 0 Å². The minimum absolute atomic E-state index is 0.465. The van der Waals surface area contributed by atoms with E-state index in [9.17, 15) is 0 Å². The summed E-state index contributed by atoms with van der Waals surface area (Å²) in [6.45, 7) is 0. The van der Waals surface area contributed by atoms with E-state index in [-0.39, 0.29) is 0 Å². The van der Waals surface area contributed by atoms with Crippen LogP contribution in [-0.2, 0) is 0 Å². The first kappa shape index (κ1) is 13.4. The molecule has 0 aromatic heterocycles. The fraction of sp³-hybridized carbons (Fsp3) is 0. The summed E-state index contributed by atoms with van der Waals surface area (Å²) in [5, 5.41) is 1.57. The Balaban J connectivity index is 2.30. The van der Waals surface area contributed by atoms with Gasteiger partial charge in [0.15, 0.2) is 0 Å². The topological polar surface area (TPSA) is 0 Å². The summed E-state index contributed by atoms with van der Waals surface area (Å²) < 4.78 is 0. The van der Waals surface area contributed by atoms with Crippen molar-refractivity contribution < 1.29 is 0 Å². The lowest BCUT2D eigenvalue weighted by molar-refractivity contribution is 1.34. The minimum atomic E-state index is 0.465. The average Bonchev–Trinajstić information content (AvgIpc) is 2.29. The molecule has 0 aliphatic heterocycles. The monoisotopic (exact) mass is 320 g/mol. The van der Waals surface area contributed by atoms with Crippen LogP contribution in [0.5, 0.6) is 0 Å². The van der Waals surface area contributed by atoms with Gasteiger partial charge in [-0.1, -0.05) is 46.6 Å². The quantitative estimate of drug-likeness (QED) is 0.516. The van der Waals surface area contributed by atoms with Crippen molar-refractivity contribution in [2.75, 3.05) is 0 Å². The van der Waals surface area contributed by atoms with Gasteiger partial charge < -0.3 is 0 Å². The Hall–Kier alpha value is 0.01000. The standard InChI is InChI=1S/C12H7Cl3S2/c13-9-5-11(15)12(6-10(9)14)17-8-3-1-7(16)2-4-8/h1-6,16H. The largest absolute Gasteiger partial charge is 0.143 e. The van der Waals surface area contributed by atoms with Crippen molar-refractivity contribution in [1.29, 1.82) is 0 Å². The zero-order valence-electron chi connectivity index (χ0n) is 8.45. The zero-order chi connectivity index (χ0) is 12.4. The number of hydrogen-bond donors (Lipinski definition) is 1. The van der Waals surface area contributed by atoms with Gasteiger partial charge in [0.25, 0.3) is 0 Å². The molecule has 0 nitrogen and oxygen atoms in total. The summed E-state index contributed by atoms with van der Waals surface area (Å²) in [6, 6.07) is 11.2. The van der Waals surface area contributed by atoms with Crippen LogP contribution in [0, 0.1) is 0 Å². The maximum Gasteiger partial charge on any atom is 0.0607 e. The predicted molar refractivity (Wildman–Crippen MR) is 79.3 cm³/mol. The molecule has 0 bridgehead atoms. The highest BCUT2D eigenvalue weighted by molar-refractivity contribution is 7.99. The molecule has 17 heavy (non-hydrogen) atoms. The Morgan fingerprint density at radius 2 is 1.41 bits per heavy atom. The fourth-order valence-corrected chi connectivity index (χ4v) is 2.96. The van der Waals surface area contributed by atoms with Gasteiger partial charge in [0.05, 0.1) is 15.1 Å². The molecule has 0 aliphatic carbocycles. The van der Waals surface area contributed by atoms with E-state index in [2.05, 4.69) is 12.6 Å². The van der Waals surface area contributed by atoms with E-state index in [1.807, 2.05) is 24.3 Å². The molecule has 5 heteroatoms. The highest BCUT2D eigenvalue weighted by Crippen LogP contribution is 2.38. The van der Waals surface area contributed by atoms with Crippen LogP contribution in [0.3, 0.4) is 0 Å². The molecule has 0 atom stereocenters. The maximum atomic E-state index is 6.10. The van der Waals surface area contributed by atoms with Crippen molar-refractivity contribution in [3.63, 3.8) is 0 Å². The summed E-state index contributed by atoms with van der Waals surface area (Å²) in [4.78, 5) is 2.88. The van der Waals surface area contributed by atoms with Crippen molar-refractivity contribution in [2.24, 2.45) is 0 Å². The lowest BCUT2D eigenvalue weighted by Gasteiger charge is -2.06. The van der Waals surface area contributed by atoms with E-state index in [1.54, 1.807) is 12.1 Å². The van der Waals surface area contributed by atoms with Crippen LogP contribution < -0.4 is 0 Å². The van der Waals surface area contributed by atoms with Gasteiger partial charge >= 0.3 is 0 Å². The van der Waals surface area contributed by atoms with Gasteiger partial charge in [-0.2, -0.15) is 0 Å². The molecule has 0 unspecified atom stereocenters. The molecule has 0 aliphatic rings. The first-order valence-corrected chi connectivity index (χ1v) is 7.07. The van der Waals surface area contributed by atoms with Crippen molar-refractivity contribution in [3.05, 3.63) is 51.5 Å². The number of rotatable bonds is 2. The molecule has 0 N–H and O–H groups in total. The van der Waals surface area contributed by atoms with Gasteiger partial charge in [0.1, 0.15) is 0 Å². The Morgan fingerprint density at radius 1 is 0.824 bits per heavy atom. The summed E-state index contributed by atoms with van der Waals surface area (Å²) in [6.07, 6.45) is 0. The second kappa shape index (κ2) is 5.77. The summed E-state index contributed by atoms with van der Waals surface area (Å²) in [7, 11) is 0. The number of hydrogen-bond acceptors (Lipinski definition) is 2. The van der Waals surface area contributed by atoms with E-state index >= 15 is 0 Å². The summed E-state index contributed by atoms with van der Waals surface area (Å²) in [5.74, 6) is 0.